The van der Waals surface area contributed by atoms with Crippen molar-refractivity contribution in [3.63, 3.8) is 0 Å². The summed E-state index contributed by atoms with van der Waals surface area (Å²) < 4.78 is 0.653. The fourth-order valence-corrected chi connectivity index (χ4v) is 3.28. The maximum absolute atomic E-state index is 12.3. The molecule has 0 saturated heterocycles. The lowest BCUT2D eigenvalue weighted by atomic mass is 10.1. The van der Waals surface area contributed by atoms with E-state index < -0.39 is 0 Å². The van der Waals surface area contributed by atoms with Gasteiger partial charge in [0, 0.05) is 21.1 Å². The Balaban J connectivity index is 2.52. The van der Waals surface area contributed by atoms with Crippen LogP contribution in [0.1, 0.15) is 17.7 Å². The van der Waals surface area contributed by atoms with Gasteiger partial charge in [0.15, 0.2) is 5.43 Å². The van der Waals surface area contributed by atoms with E-state index in [1.807, 2.05) is 0 Å². The van der Waals surface area contributed by atoms with Crippen molar-refractivity contribution in [1.29, 1.82) is 0 Å². The van der Waals surface area contributed by atoms with Gasteiger partial charge < -0.3 is 4.98 Å². The van der Waals surface area contributed by atoms with Crippen molar-refractivity contribution in [2.45, 2.75) is 19.3 Å². The maximum atomic E-state index is 12.3. The maximum Gasteiger partial charge on any atom is 0.192 e. The first-order chi connectivity index (χ1) is 8.09. The number of nitrogens with one attached hydrogen (secondary N) is 1. The van der Waals surface area contributed by atoms with Gasteiger partial charge in [-0.25, -0.2) is 0 Å². The van der Waals surface area contributed by atoms with E-state index in [9.17, 15) is 4.79 Å². The number of aromatic nitrogens is 1. The molecule has 0 atom stereocenters. The zero-order valence-electron chi connectivity index (χ0n) is 8.74. The van der Waals surface area contributed by atoms with Crippen molar-refractivity contribution in [1.82, 2.24) is 4.98 Å². The van der Waals surface area contributed by atoms with E-state index in [2.05, 4.69) is 20.9 Å². The molecular weight excluding hydrogens is 325 g/mol. The standard InChI is InChI=1S/C12H8BrCl2NO/c13-7-4-6-11(10(15)9(7)14)16-8-3-1-2-5(8)12(6)17/h4H,1-3H2,(H,16,17). The first-order valence-electron chi connectivity index (χ1n) is 5.31. The van der Waals surface area contributed by atoms with Crippen LogP contribution in [0.3, 0.4) is 0 Å². The lowest BCUT2D eigenvalue weighted by molar-refractivity contribution is 0.900. The van der Waals surface area contributed by atoms with Crippen LogP contribution in [-0.2, 0) is 12.8 Å². The highest BCUT2D eigenvalue weighted by atomic mass is 79.9. The zero-order valence-corrected chi connectivity index (χ0v) is 11.8. The molecule has 0 spiro atoms. The van der Waals surface area contributed by atoms with E-state index in [1.54, 1.807) is 6.07 Å². The molecule has 2 aromatic rings. The number of halogens is 3. The normalized spacial score (nSPS) is 14.3. The van der Waals surface area contributed by atoms with Gasteiger partial charge in [-0.1, -0.05) is 23.2 Å². The van der Waals surface area contributed by atoms with Gasteiger partial charge in [-0.2, -0.15) is 0 Å². The molecule has 1 N–H and O–H groups in total. The van der Waals surface area contributed by atoms with Gasteiger partial charge in [-0.15, -0.1) is 0 Å². The van der Waals surface area contributed by atoms with Gasteiger partial charge in [0.25, 0.3) is 0 Å². The van der Waals surface area contributed by atoms with Gasteiger partial charge in [0.05, 0.1) is 15.6 Å². The number of fused-ring (bicyclic) bond motifs is 2. The summed E-state index contributed by atoms with van der Waals surface area (Å²) in [5.74, 6) is 0. The van der Waals surface area contributed by atoms with Crippen molar-refractivity contribution in [2.75, 3.05) is 0 Å². The van der Waals surface area contributed by atoms with Crippen molar-refractivity contribution >= 4 is 50.0 Å². The number of aromatic amines is 1. The van der Waals surface area contributed by atoms with Crippen LogP contribution in [0, 0.1) is 0 Å². The Morgan fingerprint density at radius 3 is 2.76 bits per heavy atom. The summed E-state index contributed by atoms with van der Waals surface area (Å²) in [6, 6.07) is 1.74. The number of aryl methyl sites for hydroxylation is 1. The summed E-state index contributed by atoms with van der Waals surface area (Å²) in [7, 11) is 0. The highest BCUT2D eigenvalue weighted by Gasteiger charge is 2.19. The predicted octanol–water partition coefficient (Wildman–Crippen LogP) is 4.09. The van der Waals surface area contributed by atoms with Crippen LogP contribution in [0.15, 0.2) is 15.3 Å². The van der Waals surface area contributed by atoms with E-state index in [1.165, 1.54) is 0 Å². The molecular formula is C12H8BrCl2NO. The first kappa shape index (κ1) is 11.6. The molecule has 88 valence electrons. The van der Waals surface area contributed by atoms with Crippen molar-refractivity contribution in [3.05, 3.63) is 42.1 Å². The summed E-state index contributed by atoms with van der Waals surface area (Å²) >= 11 is 15.5. The van der Waals surface area contributed by atoms with Gasteiger partial charge >= 0.3 is 0 Å². The van der Waals surface area contributed by atoms with Crippen molar-refractivity contribution in [2.24, 2.45) is 0 Å². The fourth-order valence-electron chi connectivity index (χ4n) is 2.34. The molecule has 17 heavy (non-hydrogen) atoms. The number of benzene rings is 1. The molecule has 1 aromatic carbocycles. The Morgan fingerprint density at radius 2 is 2.00 bits per heavy atom. The monoisotopic (exact) mass is 331 g/mol. The molecule has 1 aliphatic rings. The second kappa shape index (κ2) is 4.01. The minimum Gasteiger partial charge on any atom is -0.357 e. The molecule has 0 bridgehead atoms. The molecule has 1 heterocycles. The third-order valence-corrected chi connectivity index (χ3v) is 4.90. The Labute approximate surface area is 116 Å². The molecule has 0 amide bonds. The molecule has 0 aliphatic heterocycles. The Kier molecular flexibility index (Phi) is 2.73. The second-order valence-electron chi connectivity index (χ2n) is 4.17. The smallest absolute Gasteiger partial charge is 0.192 e. The van der Waals surface area contributed by atoms with Gasteiger partial charge in [0.2, 0.25) is 0 Å². The van der Waals surface area contributed by atoms with Crippen molar-refractivity contribution in [3.8, 4) is 0 Å². The third-order valence-electron chi connectivity index (χ3n) is 3.17. The van der Waals surface area contributed by atoms with Crippen LogP contribution >= 0.6 is 39.1 Å². The van der Waals surface area contributed by atoms with Crippen LogP contribution < -0.4 is 5.43 Å². The summed E-state index contributed by atoms with van der Waals surface area (Å²) in [6.07, 6.45) is 2.77. The first-order valence-corrected chi connectivity index (χ1v) is 6.85. The van der Waals surface area contributed by atoms with Crippen LogP contribution in [-0.4, -0.2) is 4.98 Å². The molecule has 3 rings (SSSR count). The highest BCUT2D eigenvalue weighted by molar-refractivity contribution is 9.10. The molecule has 0 radical (unpaired) electrons. The molecule has 0 saturated carbocycles. The zero-order chi connectivity index (χ0) is 12.2. The number of H-pyrrole nitrogens is 1. The average Bonchev–Trinajstić information content (AvgIpc) is 2.77. The minimum atomic E-state index is 0.0746. The lowest BCUT2D eigenvalue weighted by Crippen LogP contribution is -2.11. The Hall–Kier alpha value is -0.510. The highest BCUT2D eigenvalue weighted by Crippen LogP contribution is 2.36. The number of rotatable bonds is 0. The molecule has 0 fully saturated rings. The van der Waals surface area contributed by atoms with E-state index in [-0.39, 0.29) is 5.43 Å². The third kappa shape index (κ3) is 1.64. The molecule has 0 unspecified atom stereocenters. The molecule has 1 aliphatic carbocycles. The molecule has 1 aromatic heterocycles. The van der Waals surface area contributed by atoms with E-state index >= 15 is 0 Å². The largest absolute Gasteiger partial charge is 0.357 e. The van der Waals surface area contributed by atoms with Gasteiger partial charge in [-0.3, -0.25) is 4.79 Å². The number of hydrogen-bond acceptors (Lipinski definition) is 1. The van der Waals surface area contributed by atoms with Crippen LogP contribution in [0.25, 0.3) is 10.9 Å². The van der Waals surface area contributed by atoms with E-state index in [0.717, 1.165) is 30.5 Å². The molecule has 5 heteroatoms. The summed E-state index contributed by atoms with van der Waals surface area (Å²) in [4.78, 5) is 15.5. The average molecular weight is 333 g/mol. The van der Waals surface area contributed by atoms with Gasteiger partial charge in [0.1, 0.15) is 0 Å². The Bertz CT molecular complexity index is 693. The summed E-state index contributed by atoms with van der Waals surface area (Å²) in [5.41, 5.74) is 2.61. The van der Waals surface area contributed by atoms with E-state index in [4.69, 9.17) is 23.2 Å². The van der Waals surface area contributed by atoms with Crippen molar-refractivity contribution < 1.29 is 0 Å². The topological polar surface area (TPSA) is 32.9 Å². The quantitative estimate of drug-likeness (QED) is 0.724. The fraction of sp³-hybridized carbons (Fsp3) is 0.250. The summed E-state index contributed by atoms with van der Waals surface area (Å²) in [6.45, 7) is 0. The lowest BCUT2D eigenvalue weighted by Gasteiger charge is -2.08. The number of pyridine rings is 1. The molecule has 2 nitrogen and oxygen atoms in total. The van der Waals surface area contributed by atoms with E-state index in [0.29, 0.717) is 25.4 Å². The summed E-state index contributed by atoms with van der Waals surface area (Å²) in [5, 5.41) is 1.45. The van der Waals surface area contributed by atoms with Crippen LogP contribution in [0.4, 0.5) is 0 Å². The minimum absolute atomic E-state index is 0.0746. The predicted molar refractivity (Wildman–Crippen MR) is 74.3 cm³/mol. The van der Waals surface area contributed by atoms with Gasteiger partial charge in [-0.05, 0) is 41.3 Å². The van der Waals surface area contributed by atoms with Crippen LogP contribution in [0.2, 0.25) is 10.0 Å². The number of hydrogen-bond donors (Lipinski definition) is 1. The Morgan fingerprint density at radius 1 is 1.24 bits per heavy atom. The SMILES string of the molecule is O=c1c2c([nH]c3c(Cl)c(Cl)c(Br)cc13)CCC2. The van der Waals surface area contributed by atoms with Crippen LogP contribution in [0.5, 0.6) is 0 Å². The second-order valence-corrected chi connectivity index (χ2v) is 5.78.